The Morgan fingerprint density at radius 2 is 1.83 bits per heavy atom. The van der Waals surface area contributed by atoms with E-state index in [2.05, 4.69) is 34.3 Å². The van der Waals surface area contributed by atoms with Crippen LogP contribution in [0.4, 0.5) is 5.69 Å². The number of hydrogen-bond acceptors (Lipinski definition) is 3. The van der Waals surface area contributed by atoms with Gasteiger partial charge in [0.15, 0.2) is 0 Å². The maximum Gasteiger partial charge on any atom is 0.362 e. The summed E-state index contributed by atoms with van der Waals surface area (Å²) in [5.74, 6) is 0. The van der Waals surface area contributed by atoms with E-state index >= 15 is 0 Å². The second-order valence-corrected chi connectivity index (χ2v) is 5.86. The van der Waals surface area contributed by atoms with E-state index < -0.39 is 0 Å². The zero-order chi connectivity index (χ0) is 15.6. The minimum Gasteiger partial charge on any atom is -0.367 e. The first-order valence-electron chi connectivity index (χ1n) is 7.91. The molecule has 23 heavy (non-hydrogen) atoms. The van der Waals surface area contributed by atoms with Crippen molar-refractivity contribution in [3.05, 3.63) is 76.1 Å². The molecule has 1 aromatic heterocycles. The highest BCUT2D eigenvalue weighted by atomic mass is 16.5. The first kappa shape index (κ1) is 13.9. The topological polar surface area (TPSA) is 49.2 Å². The van der Waals surface area contributed by atoms with Gasteiger partial charge in [-0.25, -0.2) is 9.95 Å². The van der Waals surface area contributed by atoms with E-state index in [1.165, 1.54) is 11.3 Å². The molecule has 0 saturated carbocycles. The molecule has 4 nitrogen and oxygen atoms in total. The number of nitrogens with one attached hydrogen (secondary N) is 1. The first-order chi connectivity index (χ1) is 11.3. The number of aromatic nitrogens is 1. The molecule has 0 saturated heterocycles. The van der Waals surface area contributed by atoms with Crippen LogP contribution in [0.5, 0.6) is 0 Å². The van der Waals surface area contributed by atoms with Crippen LogP contribution in [0.1, 0.15) is 17.5 Å². The predicted molar refractivity (Wildman–Crippen MR) is 90.6 cm³/mol. The van der Waals surface area contributed by atoms with Gasteiger partial charge in [0.05, 0.1) is 17.8 Å². The number of aromatic amines is 1. The lowest BCUT2D eigenvalue weighted by Gasteiger charge is -2.30. The SMILES string of the molecule is O=c1o[nH]c(-c2ccccc2)c1CN1CCCc2ccccc21. The summed E-state index contributed by atoms with van der Waals surface area (Å²) in [4.78, 5) is 14.4. The molecule has 3 aromatic rings. The van der Waals surface area contributed by atoms with Crippen LogP contribution in [0.2, 0.25) is 0 Å². The van der Waals surface area contributed by atoms with E-state index in [1.54, 1.807) is 0 Å². The molecular weight excluding hydrogens is 288 g/mol. The number of hydrogen-bond donors (Lipinski definition) is 1. The predicted octanol–water partition coefficient (Wildman–Crippen LogP) is 3.59. The minimum atomic E-state index is -0.285. The summed E-state index contributed by atoms with van der Waals surface area (Å²) in [5, 5.41) is 2.79. The van der Waals surface area contributed by atoms with Crippen molar-refractivity contribution in [3.8, 4) is 11.3 Å². The number of para-hydroxylation sites is 1. The summed E-state index contributed by atoms with van der Waals surface area (Å²) >= 11 is 0. The van der Waals surface area contributed by atoms with Crippen molar-refractivity contribution in [2.45, 2.75) is 19.4 Å². The van der Waals surface area contributed by atoms with Gasteiger partial charge in [-0.15, -0.1) is 0 Å². The van der Waals surface area contributed by atoms with E-state index in [1.807, 2.05) is 30.3 Å². The molecule has 0 spiro atoms. The molecular formula is C19H18N2O2. The van der Waals surface area contributed by atoms with Gasteiger partial charge in [0.2, 0.25) is 0 Å². The monoisotopic (exact) mass is 306 g/mol. The Bertz CT molecular complexity index is 864. The van der Waals surface area contributed by atoms with Crippen LogP contribution in [0.15, 0.2) is 63.9 Å². The lowest BCUT2D eigenvalue weighted by molar-refractivity contribution is 0.392. The number of H-pyrrole nitrogens is 1. The van der Waals surface area contributed by atoms with Gasteiger partial charge in [-0.3, -0.25) is 0 Å². The fourth-order valence-corrected chi connectivity index (χ4v) is 3.27. The molecule has 4 heteroatoms. The fraction of sp³-hybridized carbons (Fsp3) is 0.211. The number of benzene rings is 2. The molecule has 1 aliphatic rings. The van der Waals surface area contributed by atoms with Crippen molar-refractivity contribution < 1.29 is 4.52 Å². The highest BCUT2D eigenvalue weighted by Crippen LogP contribution is 2.29. The third-order valence-corrected chi connectivity index (χ3v) is 4.41. The summed E-state index contributed by atoms with van der Waals surface area (Å²) in [5.41, 5.74) is 4.72. The zero-order valence-electron chi connectivity index (χ0n) is 12.8. The van der Waals surface area contributed by atoms with E-state index in [9.17, 15) is 4.79 Å². The molecule has 0 radical (unpaired) electrons. The quantitative estimate of drug-likeness (QED) is 0.804. The highest BCUT2D eigenvalue weighted by Gasteiger charge is 2.21. The molecule has 2 aromatic carbocycles. The molecule has 2 heterocycles. The normalized spacial score (nSPS) is 13.8. The average molecular weight is 306 g/mol. The third kappa shape index (κ3) is 2.57. The van der Waals surface area contributed by atoms with Crippen molar-refractivity contribution in [1.82, 2.24) is 5.16 Å². The zero-order valence-corrected chi connectivity index (χ0v) is 12.8. The number of anilines is 1. The second kappa shape index (κ2) is 5.80. The molecule has 0 aliphatic carbocycles. The van der Waals surface area contributed by atoms with Gasteiger partial charge in [0.25, 0.3) is 0 Å². The molecule has 1 N–H and O–H groups in total. The average Bonchev–Trinajstić information content (AvgIpc) is 2.97. The van der Waals surface area contributed by atoms with E-state index in [0.717, 1.165) is 30.6 Å². The summed E-state index contributed by atoms with van der Waals surface area (Å²) in [6.45, 7) is 1.52. The summed E-state index contributed by atoms with van der Waals surface area (Å²) in [6, 6.07) is 18.3. The number of aryl methyl sites for hydroxylation is 1. The lowest BCUT2D eigenvalue weighted by Crippen LogP contribution is -2.30. The Morgan fingerprint density at radius 3 is 2.70 bits per heavy atom. The summed E-state index contributed by atoms with van der Waals surface area (Å²) < 4.78 is 5.07. The van der Waals surface area contributed by atoms with E-state index in [-0.39, 0.29) is 5.63 Å². The maximum atomic E-state index is 12.2. The van der Waals surface area contributed by atoms with Crippen LogP contribution in [-0.4, -0.2) is 11.7 Å². The molecule has 1 aliphatic heterocycles. The Labute approximate surface area is 134 Å². The molecule has 0 unspecified atom stereocenters. The van der Waals surface area contributed by atoms with Crippen LogP contribution in [0, 0.1) is 0 Å². The van der Waals surface area contributed by atoms with Gasteiger partial charge in [0, 0.05) is 17.8 Å². The molecule has 116 valence electrons. The van der Waals surface area contributed by atoms with E-state index in [0.29, 0.717) is 12.1 Å². The highest BCUT2D eigenvalue weighted by molar-refractivity contribution is 5.63. The Morgan fingerprint density at radius 1 is 1.04 bits per heavy atom. The number of rotatable bonds is 3. The Hall–Kier alpha value is -2.75. The van der Waals surface area contributed by atoms with Gasteiger partial charge in [0.1, 0.15) is 0 Å². The van der Waals surface area contributed by atoms with Crippen molar-refractivity contribution in [2.75, 3.05) is 11.4 Å². The van der Waals surface area contributed by atoms with Crippen LogP contribution in [0.25, 0.3) is 11.3 Å². The largest absolute Gasteiger partial charge is 0.367 e. The van der Waals surface area contributed by atoms with Crippen molar-refractivity contribution in [2.24, 2.45) is 0 Å². The molecule has 0 amide bonds. The Kier molecular flexibility index (Phi) is 3.50. The van der Waals surface area contributed by atoms with Gasteiger partial charge < -0.3 is 9.42 Å². The van der Waals surface area contributed by atoms with Gasteiger partial charge in [-0.05, 0) is 24.5 Å². The number of fused-ring (bicyclic) bond motifs is 1. The van der Waals surface area contributed by atoms with Crippen LogP contribution >= 0.6 is 0 Å². The Balaban J connectivity index is 1.71. The molecule has 0 fully saturated rings. The van der Waals surface area contributed by atoms with Crippen LogP contribution in [0.3, 0.4) is 0 Å². The van der Waals surface area contributed by atoms with Gasteiger partial charge in [-0.2, -0.15) is 0 Å². The van der Waals surface area contributed by atoms with Gasteiger partial charge >= 0.3 is 5.63 Å². The van der Waals surface area contributed by atoms with Crippen molar-refractivity contribution in [1.29, 1.82) is 0 Å². The smallest absolute Gasteiger partial charge is 0.362 e. The lowest BCUT2D eigenvalue weighted by atomic mass is 10.0. The van der Waals surface area contributed by atoms with E-state index in [4.69, 9.17) is 4.52 Å². The second-order valence-electron chi connectivity index (χ2n) is 5.86. The first-order valence-corrected chi connectivity index (χ1v) is 7.91. The fourth-order valence-electron chi connectivity index (χ4n) is 3.27. The number of nitrogens with zero attached hydrogens (tertiary/aromatic N) is 1. The van der Waals surface area contributed by atoms with Crippen LogP contribution in [-0.2, 0) is 13.0 Å². The molecule has 0 bridgehead atoms. The minimum absolute atomic E-state index is 0.285. The van der Waals surface area contributed by atoms with Gasteiger partial charge in [-0.1, -0.05) is 48.5 Å². The molecule has 0 atom stereocenters. The van der Waals surface area contributed by atoms with Crippen molar-refractivity contribution >= 4 is 5.69 Å². The molecule has 4 rings (SSSR count). The van der Waals surface area contributed by atoms with Crippen molar-refractivity contribution in [3.63, 3.8) is 0 Å². The third-order valence-electron chi connectivity index (χ3n) is 4.41. The summed E-state index contributed by atoms with van der Waals surface area (Å²) in [7, 11) is 0. The summed E-state index contributed by atoms with van der Waals surface area (Å²) in [6.07, 6.45) is 2.20. The standard InChI is InChI=1S/C19H18N2O2/c22-19-16(18(20-23-19)15-8-2-1-3-9-15)13-21-12-6-10-14-7-4-5-11-17(14)21/h1-5,7-9,11,20H,6,10,12-13H2. The maximum absolute atomic E-state index is 12.2. The van der Waals surface area contributed by atoms with Crippen LogP contribution < -0.4 is 10.5 Å².